The lowest BCUT2D eigenvalue weighted by Crippen LogP contribution is -2.35. The van der Waals surface area contributed by atoms with E-state index in [0.29, 0.717) is 0 Å². The van der Waals surface area contributed by atoms with Gasteiger partial charge < -0.3 is 14.6 Å². The lowest BCUT2D eigenvalue weighted by Gasteiger charge is -2.39. The van der Waals surface area contributed by atoms with Gasteiger partial charge in [-0.2, -0.15) is 0 Å². The normalized spacial score (nSPS) is 33.3. The van der Waals surface area contributed by atoms with Crippen LogP contribution in [0.5, 0.6) is 0 Å². The van der Waals surface area contributed by atoms with Crippen molar-refractivity contribution in [2.75, 3.05) is 0 Å². The summed E-state index contributed by atoms with van der Waals surface area (Å²) in [5.74, 6) is -1.12. The van der Waals surface area contributed by atoms with E-state index in [1.165, 1.54) is 11.8 Å². The van der Waals surface area contributed by atoms with Gasteiger partial charge in [-0.05, 0) is 29.4 Å². The summed E-state index contributed by atoms with van der Waals surface area (Å²) >= 11 is 0. The van der Waals surface area contributed by atoms with Crippen LogP contribution in [-0.4, -0.2) is 23.5 Å². The number of aliphatic carboxylic acids is 1. The lowest BCUT2D eigenvalue weighted by molar-refractivity contribution is -0.181. The molecule has 3 aliphatic rings. The molecule has 0 fully saturated rings. The van der Waals surface area contributed by atoms with Crippen molar-refractivity contribution >= 4 is 5.97 Å². The summed E-state index contributed by atoms with van der Waals surface area (Å²) in [7, 11) is 0. The van der Waals surface area contributed by atoms with Gasteiger partial charge in [0.15, 0.2) is 0 Å². The first-order chi connectivity index (χ1) is 10.5. The number of ether oxygens (including phenoxy) is 2. The molecular formula is C18H20O4. The van der Waals surface area contributed by atoms with Crippen LogP contribution >= 0.6 is 0 Å². The fourth-order valence-electron chi connectivity index (χ4n) is 3.20. The van der Waals surface area contributed by atoms with E-state index in [4.69, 9.17) is 9.47 Å². The molecule has 0 aromatic heterocycles. The van der Waals surface area contributed by atoms with Crippen LogP contribution < -0.4 is 0 Å². The number of rotatable bonds is 2. The maximum absolute atomic E-state index is 11.3. The minimum absolute atomic E-state index is 0.00747. The highest BCUT2D eigenvalue weighted by atomic mass is 16.7. The zero-order chi connectivity index (χ0) is 15.7. The highest BCUT2D eigenvalue weighted by Gasteiger charge is 2.37. The van der Waals surface area contributed by atoms with E-state index in [1.54, 1.807) is 0 Å². The minimum Gasteiger partial charge on any atom is -0.477 e. The molecule has 0 radical (unpaired) electrons. The quantitative estimate of drug-likeness (QED) is 0.848. The summed E-state index contributed by atoms with van der Waals surface area (Å²) < 4.78 is 11.0. The van der Waals surface area contributed by atoms with Crippen LogP contribution in [-0.2, 0) is 14.3 Å². The maximum Gasteiger partial charge on any atom is 0.373 e. The highest BCUT2D eigenvalue weighted by Crippen LogP contribution is 2.46. The predicted octanol–water partition coefficient (Wildman–Crippen LogP) is 3.50. The fraction of sp³-hybridized carbons (Fsp3) is 0.389. The van der Waals surface area contributed by atoms with Crippen molar-refractivity contribution < 1.29 is 19.4 Å². The average Bonchev–Trinajstić information content (AvgIpc) is 2.49. The molecule has 2 aliphatic carbocycles. The van der Waals surface area contributed by atoms with E-state index in [9.17, 15) is 9.90 Å². The number of carboxylic acids is 1. The third-order valence-corrected chi connectivity index (χ3v) is 4.60. The van der Waals surface area contributed by atoms with Gasteiger partial charge in [-0.25, -0.2) is 4.79 Å². The molecule has 0 aromatic carbocycles. The fourth-order valence-corrected chi connectivity index (χ4v) is 3.20. The first-order valence-electron chi connectivity index (χ1n) is 7.55. The Labute approximate surface area is 130 Å². The van der Waals surface area contributed by atoms with Crippen molar-refractivity contribution in [1.82, 2.24) is 0 Å². The van der Waals surface area contributed by atoms with E-state index in [1.807, 2.05) is 30.4 Å². The van der Waals surface area contributed by atoms with Gasteiger partial charge >= 0.3 is 5.97 Å². The molecule has 0 amide bonds. The van der Waals surface area contributed by atoms with Crippen LogP contribution in [0, 0.1) is 5.41 Å². The van der Waals surface area contributed by atoms with Gasteiger partial charge in [-0.3, -0.25) is 0 Å². The molecule has 0 aromatic rings. The van der Waals surface area contributed by atoms with Gasteiger partial charge in [0.25, 0.3) is 6.29 Å². The van der Waals surface area contributed by atoms with Gasteiger partial charge in [0, 0.05) is 5.57 Å². The smallest absolute Gasteiger partial charge is 0.373 e. The molecule has 3 atom stereocenters. The maximum atomic E-state index is 11.3. The Bertz CT molecular complexity index is 635. The molecule has 116 valence electrons. The van der Waals surface area contributed by atoms with Crippen molar-refractivity contribution in [3.05, 3.63) is 59.4 Å². The second-order valence-electron chi connectivity index (χ2n) is 6.03. The SMILES string of the molecule is CCC1(C)CC=CC2=COC(C(=O)O)OC3C=CC=CC3=C21. The zero-order valence-electron chi connectivity index (χ0n) is 12.8. The molecule has 0 spiro atoms. The molecule has 1 heterocycles. The van der Waals surface area contributed by atoms with Crippen molar-refractivity contribution in [3.8, 4) is 0 Å². The summed E-state index contributed by atoms with van der Waals surface area (Å²) in [5, 5.41) is 9.23. The molecule has 0 saturated heterocycles. The molecule has 4 nitrogen and oxygen atoms in total. The Kier molecular flexibility index (Phi) is 3.79. The van der Waals surface area contributed by atoms with Crippen LogP contribution in [0.3, 0.4) is 0 Å². The number of fused-ring (bicyclic) bond motifs is 2. The summed E-state index contributed by atoms with van der Waals surface area (Å²) in [6.45, 7) is 4.40. The van der Waals surface area contributed by atoms with Crippen LogP contribution in [0.1, 0.15) is 26.7 Å². The van der Waals surface area contributed by atoms with Crippen LogP contribution in [0.2, 0.25) is 0 Å². The summed E-state index contributed by atoms with van der Waals surface area (Å²) in [6.07, 6.45) is 13.6. The minimum atomic E-state index is -1.30. The van der Waals surface area contributed by atoms with E-state index >= 15 is 0 Å². The Balaban J connectivity index is 2.16. The third-order valence-electron chi connectivity index (χ3n) is 4.60. The molecule has 3 unspecified atom stereocenters. The van der Waals surface area contributed by atoms with E-state index in [0.717, 1.165) is 24.0 Å². The van der Waals surface area contributed by atoms with Gasteiger partial charge in [-0.1, -0.05) is 50.3 Å². The Morgan fingerprint density at radius 2 is 2.23 bits per heavy atom. The summed E-state index contributed by atoms with van der Waals surface area (Å²) in [6, 6.07) is 0. The number of hydrogen-bond acceptors (Lipinski definition) is 3. The number of carboxylic acid groups (broad SMARTS) is 1. The number of carbonyl (C=O) groups is 1. The van der Waals surface area contributed by atoms with E-state index < -0.39 is 18.4 Å². The van der Waals surface area contributed by atoms with Crippen molar-refractivity contribution in [2.24, 2.45) is 5.41 Å². The monoisotopic (exact) mass is 300 g/mol. The predicted molar refractivity (Wildman–Crippen MR) is 82.9 cm³/mol. The second kappa shape index (κ2) is 5.61. The Morgan fingerprint density at radius 1 is 1.41 bits per heavy atom. The highest BCUT2D eigenvalue weighted by molar-refractivity contribution is 5.71. The molecule has 1 aliphatic heterocycles. The number of allylic oxidation sites excluding steroid dienone is 6. The van der Waals surface area contributed by atoms with Gasteiger partial charge in [0.05, 0.1) is 6.26 Å². The van der Waals surface area contributed by atoms with Crippen LogP contribution in [0.25, 0.3) is 0 Å². The molecule has 4 heteroatoms. The van der Waals surface area contributed by atoms with Crippen LogP contribution in [0.15, 0.2) is 59.4 Å². The standard InChI is InChI=1S/C18H20O4/c1-3-18(2)10-6-7-12-11-21-17(16(19)20)22-14-9-5-4-8-13(14)15(12)18/h4-9,11,14,17H,3,10H2,1-2H3,(H,19,20). The topological polar surface area (TPSA) is 55.8 Å². The summed E-state index contributed by atoms with van der Waals surface area (Å²) in [4.78, 5) is 11.3. The Hall–Kier alpha value is -2.07. The lowest BCUT2D eigenvalue weighted by atomic mass is 9.68. The second-order valence-corrected chi connectivity index (χ2v) is 6.03. The van der Waals surface area contributed by atoms with E-state index in [-0.39, 0.29) is 5.41 Å². The van der Waals surface area contributed by atoms with Crippen molar-refractivity contribution in [3.63, 3.8) is 0 Å². The van der Waals surface area contributed by atoms with E-state index in [2.05, 4.69) is 19.9 Å². The largest absolute Gasteiger partial charge is 0.477 e. The summed E-state index contributed by atoms with van der Waals surface area (Å²) in [5.41, 5.74) is 3.14. The Morgan fingerprint density at radius 3 is 2.95 bits per heavy atom. The molecule has 3 rings (SSSR count). The first-order valence-corrected chi connectivity index (χ1v) is 7.55. The third kappa shape index (κ3) is 2.44. The molecule has 0 saturated carbocycles. The van der Waals surface area contributed by atoms with Gasteiger partial charge in [-0.15, -0.1) is 0 Å². The van der Waals surface area contributed by atoms with Crippen molar-refractivity contribution in [1.29, 1.82) is 0 Å². The molecular weight excluding hydrogens is 280 g/mol. The average molecular weight is 300 g/mol. The number of hydrogen-bond donors (Lipinski definition) is 1. The van der Waals surface area contributed by atoms with Crippen LogP contribution in [0.4, 0.5) is 0 Å². The molecule has 1 N–H and O–H groups in total. The zero-order valence-corrected chi connectivity index (χ0v) is 12.8. The molecule has 0 bridgehead atoms. The van der Waals surface area contributed by atoms with Gasteiger partial charge in [0.1, 0.15) is 6.10 Å². The van der Waals surface area contributed by atoms with Crippen molar-refractivity contribution in [2.45, 2.75) is 39.1 Å². The van der Waals surface area contributed by atoms with Gasteiger partial charge in [0.2, 0.25) is 0 Å². The molecule has 22 heavy (non-hydrogen) atoms. The first kappa shape index (κ1) is 14.9.